The fourth-order valence-corrected chi connectivity index (χ4v) is 5.32. The predicted octanol–water partition coefficient (Wildman–Crippen LogP) is 2.28. The molecule has 0 unspecified atom stereocenters. The summed E-state index contributed by atoms with van der Waals surface area (Å²) >= 11 is 0. The number of nitrogens with zero attached hydrogens (tertiary/aromatic N) is 6. The van der Waals surface area contributed by atoms with Crippen LogP contribution in [0.3, 0.4) is 0 Å². The number of ether oxygens (including phenoxy) is 2. The zero-order chi connectivity index (χ0) is 23.4. The molecule has 0 radical (unpaired) electrons. The van der Waals surface area contributed by atoms with E-state index in [4.69, 9.17) is 9.47 Å². The molecule has 1 fully saturated rings. The van der Waals surface area contributed by atoms with Crippen LogP contribution < -0.4 is 14.4 Å². The van der Waals surface area contributed by atoms with E-state index in [1.807, 2.05) is 48.6 Å². The Bertz CT molecular complexity index is 1190. The normalized spacial score (nSPS) is 14.9. The Morgan fingerprint density at radius 1 is 0.939 bits per heavy atom. The van der Waals surface area contributed by atoms with Gasteiger partial charge in [-0.2, -0.15) is 4.31 Å². The van der Waals surface area contributed by atoms with Gasteiger partial charge in [-0.15, -0.1) is 10.2 Å². The van der Waals surface area contributed by atoms with E-state index in [0.717, 1.165) is 5.82 Å². The van der Waals surface area contributed by atoms with E-state index >= 15 is 0 Å². The molecule has 0 bridgehead atoms. The molecule has 0 amide bonds. The van der Waals surface area contributed by atoms with E-state index in [1.165, 1.54) is 4.31 Å². The number of sulfonamides is 1. The first-order valence-electron chi connectivity index (χ1n) is 10.9. The summed E-state index contributed by atoms with van der Waals surface area (Å²) in [5, 5.41) is 8.64. The first-order valence-corrected chi connectivity index (χ1v) is 12.4. The second-order valence-corrected chi connectivity index (χ2v) is 9.37. The molecule has 0 spiro atoms. The lowest BCUT2D eigenvalue weighted by Gasteiger charge is -2.34. The smallest absolute Gasteiger partial charge is 0.247 e. The summed E-state index contributed by atoms with van der Waals surface area (Å²) in [7, 11) is -3.75. The topological polar surface area (TPSA) is 103 Å². The number of hydrogen-bond donors (Lipinski definition) is 0. The third-order valence-corrected chi connectivity index (χ3v) is 7.34. The van der Waals surface area contributed by atoms with Gasteiger partial charge in [0.15, 0.2) is 11.6 Å². The first kappa shape index (κ1) is 23.0. The van der Waals surface area contributed by atoms with Crippen molar-refractivity contribution in [3.8, 4) is 17.3 Å². The molecule has 0 N–H and O–H groups in total. The molecule has 3 heterocycles. The molecule has 0 aliphatic carbocycles. The Kier molecular flexibility index (Phi) is 6.80. The average molecular weight is 473 g/mol. The molecule has 10 nitrogen and oxygen atoms in total. The van der Waals surface area contributed by atoms with Crippen LogP contribution in [0.4, 0.5) is 5.82 Å². The van der Waals surface area contributed by atoms with Crippen molar-refractivity contribution in [3.05, 3.63) is 48.5 Å². The molecule has 4 rings (SSSR count). The number of imidazole rings is 1. The van der Waals surface area contributed by atoms with Crippen LogP contribution in [0.1, 0.15) is 19.7 Å². The Morgan fingerprint density at radius 2 is 1.64 bits per heavy atom. The van der Waals surface area contributed by atoms with Gasteiger partial charge in [0.2, 0.25) is 10.0 Å². The van der Waals surface area contributed by atoms with Gasteiger partial charge in [0, 0.05) is 44.6 Å². The van der Waals surface area contributed by atoms with Crippen LogP contribution in [0.5, 0.6) is 11.5 Å². The minimum absolute atomic E-state index is 0.128. The summed E-state index contributed by atoms with van der Waals surface area (Å²) in [5.41, 5.74) is 0. The molecule has 1 aliphatic heterocycles. The molecule has 1 saturated heterocycles. The van der Waals surface area contributed by atoms with Gasteiger partial charge < -0.3 is 14.4 Å². The highest BCUT2D eigenvalue weighted by molar-refractivity contribution is 7.89. The lowest BCUT2D eigenvalue weighted by atomic mass is 10.3. The van der Waals surface area contributed by atoms with Gasteiger partial charge in [-0.25, -0.2) is 13.4 Å². The Hall–Kier alpha value is -3.18. The highest BCUT2D eigenvalue weighted by atomic mass is 32.2. The Labute approximate surface area is 193 Å². The number of hydrogen-bond acceptors (Lipinski definition) is 8. The number of rotatable bonds is 8. The number of aryl methyl sites for hydroxylation is 1. The van der Waals surface area contributed by atoms with E-state index in [2.05, 4.69) is 15.2 Å². The van der Waals surface area contributed by atoms with Gasteiger partial charge in [0.1, 0.15) is 22.2 Å². The molecular formula is C22H28N6O4S. The van der Waals surface area contributed by atoms with E-state index in [9.17, 15) is 8.42 Å². The molecule has 3 aromatic rings. The molecule has 0 atom stereocenters. The number of benzene rings is 1. The van der Waals surface area contributed by atoms with Crippen LogP contribution in [-0.4, -0.2) is 71.9 Å². The molecule has 1 aliphatic rings. The van der Waals surface area contributed by atoms with E-state index < -0.39 is 10.0 Å². The van der Waals surface area contributed by atoms with Crippen molar-refractivity contribution in [2.75, 3.05) is 44.3 Å². The largest absolute Gasteiger partial charge is 0.494 e. The molecule has 11 heteroatoms. The molecule has 1 aromatic carbocycles. The van der Waals surface area contributed by atoms with Crippen LogP contribution in [0, 0.1) is 6.92 Å². The number of piperazine rings is 1. The summed E-state index contributed by atoms with van der Waals surface area (Å²) in [4.78, 5) is 6.36. The maximum Gasteiger partial charge on any atom is 0.247 e. The van der Waals surface area contributed by atoms with Crippen LogP contribution in [0.15, 0.2) is 47.6 Å². The lowest BCUT2D eigenvalue weighted by Crippen LogP contribution is -2.49. The van der Waals surface area contributed by atoms with Crippen molar-refractivity contribution in [3.63, 3.8) is 0 Å². The monoisotopic (exact) mass is 472 g/mol. The van der Waals surface area contributed by atoms with E-state index in [1.54, 1.807) is 24.4 Å². The second-order valence-electron chi connectivity index (χ2n) is 7.46. The highest BCUT2D eigenvalue weighted by Gasteiger charge is 2.32. The summed E-state index contributed by atoms with van der Waals surface area (Å²) < 4.78 is 41.3. The summed E-state index contributed by atoms with van der Waals surface area (Å²) in [6.07, 6.45) is 3.55. The number of aromatic nitrogens is 4. The standard InChI is InChI=1S/C22H28N6O4S/c1-4-31-18-6-7-19(32-5-2)20(16-18)33(29,30)27-14-12-26(13-15-27)21-8-9-22(25-24-21)28-11-10-23-17(28)3/h6-11,16H,4-5,12-15H2,1-3H3. The minimum Gasteiger partial charge on any atom is -0.494 e. The zero-order valence-corrected chi connectivity index (χ0v) is 19.8. The predicted molar refractivity (Wildman–Crippen MR) is 124 cm³/mol. The fourth-order valence-electron chi connectivity index (χ4n) is 3.75. The Morgan fingerprint density at radius 3 is 2.24 bits per heavy atom. The van der Waals surface area contributed by atoms with Crippen LogP contribution >= 0.6 is 0 Å². The van der Waals surface area contributed by atoms with Gasteiger partial charge in [0.25, 0.3) is 0 Å². The second kappa shape index (κ2) is 9.75. The van der Waals surface area contributed by atoms with Gasteiger partial charge in [-0.3, -0.25) is 4.57 Å². The van der Waals surface area contributed by atoms with Gasteiger partial charge in [-0.05, 0) is 45.0 Å². The average Bonchev–Trinajstić information content (AvgIpc) is 3.26. The van der Waals surface area contributed by atoms with Crippen LogP contribution in [0.2, 0.25) is 0 Å². The lowest BCUT2D eigenvalue weighted by molar-refractivity contribution is 0.319. The van der Waals surface area contributed by atoms with Crippen molar-refractivity contribution in [2.24, 2.45) is 0 Å². The summed E-state index contributed by atoms with van der Waals surface area (Å²) in [6, 6.07) is 8.69. The molecular weight excluding hydrogens is 444 g/mol. The quantitative estimate of drug-likeness (QED) is 0.492. The zero-order valence-electron chi connectivity index (χ0n) is 19.0. The van der Waals surface area contributed by atoms with Crippen molar-refractivity contribution in [1.29, 1.82) is 0 Å². The van der Waals surface area contributed by atoms with Crippen molar-refractivity contribution >= 4 is 15.8 Å². The number of anilines is 1. The highest BCUT2D eigenvalue weighted by Crippen LogP contribution is 2.31. The van der Waals surface area contributed by atoms with Gasteiger partial charge >= 0.3 is 0 Å². The van der Waals surface area contributed by atoms with Crippen molar-refractivity contribution in [1.82, 2.24) is 24.1 Å². The maximum absolute atomic E-state index is 13.4. The van der Waals surface area contributed by atoms with Gasteiger partial charge in [-0.1, -0.05) is 0 Å². The minimum atomic E-state index is -3.75. The molecule has 2 aromatic heterocycles. The third kappa shape index (κ3) is 4.79. The third-order valence-electron chi connectivity index (χ3n) is 5.42. The molecule has 33 heavy (non-hydrogen) atoms. The molecule has 176 valence electrons. The Balaban J connectivity index is 1.48. The van der Waals surface area contributed by atoms with Gasteiger partial charge in [0.05, 0.1) is 13.2 Å². The van der Waals surface area contributed by atoms with E-state index in [0.29, 0.717) is 62.5 Å². The fraction of sp³-hybridized carbons (Fsp3) is 0.409. The molecule has 0 saturated carbocycles. The maximum atomic E-state index is 13.4. The van der Waals surface area contributed by atoms with E-state index in [-0.39, 0.29) is 4.90 Å². The SMILES string of the molecule is CCOc1ccc(OCC)c(S(=O)(=O)N2CCN(c3ccc(-n4ccnc4C)nn3)CC2)c1. The van der Waals surface area contributed by atoms with Crippen LogP contribution in [-0.2, 0) is 10.0 Å². The summed E-state index contributed by atoms with van der Waals surface area (Å²) in [6.45, 7) is 8.08. The summed E-state index contributed by atoms with van der Waals surface area (Å²) in [5.74, 6) is 3.06. The first-order chi connectivity index (χ1) is 15.9. The van der Waals surface area contributed by atoms with Crippen molar-refractivity contribution < 1.29 is 17.9 Å². The van der Waals surface area contributed by atoms with Crippen LogP contribution in [0.25, 0.3) is 5.82 Å². The van der Waals surface area contributed by atoms with Crippen molar-refractivity contribution in [2.45, 2.75) is 25.7 Å².